The zero-order valence-corrected chi connectivity index (χ0v) is 27.1. The van der Waals surface area contributed by atoms with Crippen molar-refractivity contribution in [2.75, 3.05) is 0 Å². The minimum absolute atomic E-state index is 0.640. The molecule has 50 heavy (non-hydrogen) atoms. The van der Waals surface area contributed by atoms with Crippen molar-refractivity contribution in [2.45, 2.75) is 0 Å². The molecule has 0 N–H and O–H groups in total. The van der Waals surface area contributed by atoms with Crippen molar-refractivity contribution in [2.24, 2.45) is 0 Å². The summed E-state index contributed by atoms with van der Waals surface area (Å²) in [6, 6.07) is 61.0. The van der Waals surface area contributed by atoms with Gasteiger partial charge in [-0.3, -0.25) is 4.98 Å². The Balaban J connectivity index is 1.03. The number of rotatable bonds is 6. The fraction of sp³-hybridized carbons (Fsp3) is 0. The van der Waals surface area contributed by atoms with E-state index in [9.17, 15) is 0 Å². The third kappa shape index (κ3) is 5.59. The normalized spacial score (nSPS) is 11.2. The third-order valence-electron chi connectivity index (χ3n) is 9.22. The highest BCUT2D eigenvalue weighted by Gasteiger charge is 2.13. The largest absolute Gasteiger partial charge is 0.256 e. The van der Waals surface area contributed by atoms with E-state index in [4.69, 9.17) is 15.0 Å². The van der Waals surface area contributed by atoms with Crippen molar-refractivity contribution in [3.63, 3.8) is 0 Å². The Kier molecular flexibility index (Phi) is 7.45. The summed E-state index contributed by atoms with van der Waals surface area (Å²) >= 11 is 0. The van der Waals surface area contributed by atoms with Crippen LogP contribution in [-0.4, -0.2) is 19.9 Å². The zero-order valence-electron chi connectivity index (χ0n) is 27.1. The zero-order chi connectivity index (χ0) is 33.3. The third-order valence-corrected chi connectivity index (χ3v) is 9.22. The number of fused-ring (bicyclic) bond motifs is 3. The molecular weight excluding hydrogens is 609 g/mol. The van der Waals surface area contributed by atoms with Crippen LogP contribution in [0.1, 0.15) is 0 Å². The van der Waals surface area contributed by atoms with Crippen LogP contribution in [0.4, 0.5) is 0 Å². The van der Waals surface area contributed by atoms with Crippen LogP contribution < -0.4 is 0 Å². The van der Waals surface area contributed by atoms with Crippen LogP contribution in [-0.2, 0) is 0 Å². The van der Waals surface area contributed by atoms with E-state index in [0.29, 0.717) is 17.5 Å². The minimum Gasteiger partial charge on any atom is -0.256 e. The van der Waals surface area contributed by atoms with Crippen LogP contribution in [0.3, 0.4) is 0 Å². The van der Waals surface area contributed by atoms with E-state index >= 15 is 0 Å². The van der Waals surface area contributed by atoms with Crippen molar-refractivity contribution >= 4 is 21.7 Å². The van der Waals surface area contributed by atoms with Crippen molar-refractivity contribution in [1.29, 1.82) is 0 Å². The molecule has 0 saturated carbocycles. The molecule has 0 fully saturated rings. The van der Waals surface area contributed by atoms with Gasteiger partial charge in [-0.15, -0.1) is 0 Å². The van der Waals surface area contributed by atoms with Crippen molar-refractivity contribution in [3.05, 3.63) is 182 Å². The molecule has 0 radical (unpaired) electrons. The van der Waals surface area contributed by atoms with Gasteiger partial charge in [0.05, 0.1) is 5.52 Å². The second kappa shape index (κ2) is 12.7. The maximum absolute atomic E-state index is 4.97. The molecule has 234 valence electrons. The molecule has 0 aliphatic carbocycles. The topological polar surface area (TPSA) is 51.6 Å². The van der Waals surface area contributed by atoms with E-state index in [2.05, 4.69) is 138 Å². The van der Waals surface area contributed by atoms with Gasteiger partial charge in [0, 0.05) is 33.7 Å². The summed E-state index contributed by atoms with van der Waals surface area (Å²) in [5, 5.41) is 3.52. The molecule has 0 aliphatic rings. The van der Waals surface area contributed by atoms with E-state index in [1.54, 1.807) is 0 Å². The van der Waals surface area contributed by atoms with Gasteiger partial charge in [0.25, 0.3) is 0 Å². The van der Waals surface area contributed by atoms with Crippen LogP contribution in [0, 0.1) is 0 Å². The second-order valence-corrected chi connectivity index (χ2v) is 12.3. The number of pyridine rings is 1. The first-order chi connectivity index (χ1) is 24.8. The van der Waals surface area contributed by atoms with Crippen molar-refractivity contribution < 1.29 is 0 Å². The van der Waals surface area contributed by atoms with Crippen LogP contribution in [0.15, 0.2) is 182 Å². The van der Waals surface area contributed by atoms with E-state index in [1.165, 1.54) is 27.5 Å². The van der Waals surface area contributed by atoms with Gasteiger partial charge in [0.15, 0.2) is 17.5 Å². The van der Waals surface area contributed by atoms with Gasteiger partial charge in [-0.25, -0.2) is 15.0 Å². The maximum atomic E-state index is 4.97. The molecule has 0 unspecified atom stereocenters. The van der Waals surface area contributed by atoms with Gasteiger partial charge >= 0.3 is 0 Å². The highest BCUT2D eigenvalue weighted by Crippen LogP contribution is 2.34. The van der Waals surface area contributed by atoms with Gasteiger partial charge < -0.3 is 0 Å². The molecule has 2 aromatic heterocycles. The molecule has 9 aromatic rings. The summed E-state index contributed by atoms with van der Waals surface area (Å²) in [5.74, 6) is 1.93. The van der Waals surface area contributed by atoms with Crippen molar-refractivity contribution in [1.82, 2.24) is 19.9 Å². The molecule has 4 nitrogen and oxygen atoms in total. The van der Waals surface area contributed by atoms with Gasteiger partial charge in [-0.05, 0) is 44.8 Å². The fourth-order valence-corrected chi connectivity index (χ4v) is 6.60. The Morgan fingerprint density at radius 3 is 1.30 bits per heavy atom. The molecule has 7 aromatic carbocycles. The first-order valence-corrected chi connectivity index (χ1v) is 16.7. The number of aromatic nitrogens is 4. The van der Waals surface area contributed by atoms with E-state index in [-0.39, 0.29) is 0 Å². The molecule has 0 aliphatic heterocycles. The molecule has 2 heterocycles. The highest BCUT2D eigenvalue weighted by atomic mass is 15.0. The maximum Gasteiger partial charge on any atom is 0.164 e. The van der Waals surface area contributed by atoms with E-state index < -0.39 is 0 Å². The Hall–Kier alpha value is -6.78. The number of nitrogens with zero attached hydrogens (tertiary/aromatic N) is 4. The smallest absolute Gasteiger partial charge is 0.164 e. The predicted octanol–water partition coefficient (Wildman–Crippen LogP) is 11.6. The molecule has 4 heteroatoms. The first-order valence-electron chi connectivity index (χ1n) is 16.7. The van der Waals surface area contributed by atoms with Crippen LogP contribution in [0.2, 0.25) is 0 Å². The Labute approximate surface area is 290 Å². The Morgan fingerprint density at radius 1 is 0.280 bits per heavy atom. The average molecular weight is 639 g/mol. The first kappa shape index (κ1) is 29.4. The summed E-state index contributed by atoms with van der Waals surface area (Å²) in [4.78, 5) is 19.5. The van der Waals surface area contributed by atoms with E-state index in [0.717, 1.165) is 44.3 Å². The molecule has 0 bridgehead atoms. The molecule has 0 amide bonds. The quantitative estimate of drug-likeness (QED) is 0.170. The van der Waals surface area contributed by atoms with Gasteiger partial charge in [0.1, 0.15) is 0 Å². The van der Waals surface area contributed by atoms with Crippen LogP contribution >= 0.6 is 0 Å². The predicted molar refractivity (Wildman–Crippen MR) is 205 cm³/mol. The molecule has 0 atom stereocenters. The molecule has 0 spiro atoms. The summed E-state index contributed by atoms with van der Waals surface area (Å²) in [5.41, 5.74) is 10.8. The fourth-order valence-electron chi connectivity index (χ4n) is 6.60. The van der Waals surface area contributed by atoms with Gasteiger partial charge in [-0.2, -0.15) is 0 Å². The monoisotopic (exact) mass is 638 g/mol. The SMILES string of the molecule is c1ccc(-c2ccc(-c3nc(-c4ccccc4)nc(-c4ccc(-c5ccc(-c6cccc7c6ccc6cccnc67)cc5)cc4)n3)cc2)cc1. The lowest BCUT2D eigenvalue weighted by molar-refractivity contribution is 1.07. The molecular formula is C46H30N4. The lowest BCUT2D eigenvalue weighted by Crippen LogP contribution is -2.00. The molecule has 9 rings (SSSR count). The number of hydrogen-bond acceptors (Lipinski definition) is 4. The average Bonchev–Trinajstić information content (AvgIpc) is 3.21. The van der Waals surface area contributed by atoms with E-state index in [1.807, 2.05) is 48.7 Å². The van der Waals surface area contributed by atoms with Crippen LogP contribution in [0.25, 0.3) is 89.2 Å². The molecule has 0 saturated heterocycles. The number of hydrogen-bond donors (Lipinski definition) is 0. The second-order valence-electron chi connectivity index (χ2n) is 12.3. The lowest BCUT2D eigenvalue weighted by atomic mass is 9.95. The lowest BCUT2D eigenvalue weighted by Gasteiger charge is -2.11. The Morgan fingerprint density at radius 2 is 0.740 bits per heavy atom. The van der Waals surface area contributed by atoms with Crippen LogP contribution in [0.5, 0.6) is 0 Å². The Bertz CT molecular complexity index is 2600. The summed E-state index contributed by atoms with van der Waals surface area (Å²) < 4.78 is 0. The van der Waals surface area contributed by atoms with Gasteiger partial charge in [0.2, 0.25) is 0 Å². The summed E-state index contributed by atoms with van der Waals surface area (Å²) in [6.45, 7) is 0. The van der Waals surface area contributed by atoms with Crippen molar-refractivity contribution in [3.8, 4) is 67.5 Å². The van der Waals surface area contributed by atoms with Gasteiger partial charge in [-0.1, -0.05) is 170 Å². The summed E-state index contributed by atoms with van der Waals surface area (Å²) in [7, 11) is 0. The summed E-state index contributed by atoms with van der Waals surface area (Å²) in [6.07, 6.45) is 1.86. The highest BCUT2D eigenvalue weighted by molar-refractivity contribution is 6.10. The minimum atomic E-state index is 0.640. The standard InChI is InChI=1S/C46H30N4/c1-3-9-31(10-4-1)32-18-24-38(25-19-32)45-48-44(37-11-5-2-6-12-37)49-46(50-45)39-26-20-34(21-27-39)33-16-22-35(23-17-33)40-14-7-15-42-41(40)29-28-36-13-8-30-47-43(36)42/h1-30H. The number of benzene rings is 7.